The summed E-state index contributed by atoms with van der Waals surface area (Å²) in [6, 6.07) is 5.15. The normalized spacial score (nSPS) is 21.3. The van der Waals surface area contributed by atoms with E-state index in [4.69, 9.17) is 4.74 Å². The van der Waals surface area contributed by atoms with Gasteiger partial charge in [-0.15, -0.1) is 0 Å². The smallest absolute Gasteiger partial charge is 0.411 e. The minimum Gasteiger partial charge on any atom is -0.480 e. The number of hydrogen-bond acceptors (Lipinski definition) is 3. The molecule has 1 aliphatic heterocycles. The molecule has 23 heavy (non-hydrogen) atoms. The minimum absolute atomic E-state index is 0.262. The van der Waals surface area contributed by atoms with E-state index in [1.807, 2.05) is 0 Å². The lowest BCUT2D eigenvalue weighted by atomic mass is 9.92. The van der Waals surface area contributed by atoms with E-state index < -0.39 is 23.7 Å². The fraction of sp³-hybridized carbons (Fsp3) is 0.529. The van der Waals surface area contributed by atoms with Gasteiger partial charge in [0.1, 0.15) is 17.5 Å². The molecule has 1 fully saturated rings. The van der Waals surface area contributed by atoms with Gasteiger partial charge in [-0.1, -0.05) is 12.1 Å². The van der Waals surface area contributed by atoms with Gasteiger partial charge in [0.05, 0.1) is 0 Å². The summed E-state index contributed by atoms with van der Waals surface area (Å²) in [6.07, 6.45) is 0.340. The van der Waals surface area contributed by atoms with Crippen molar-refractivity contribution in [3.05, 3.63) is 35.6 Å². The number of ether oxygens (including phenoxy) is 1. The highest BCUT2D eigenvalue weighted by atomic mass is 19.1. The molecule has 0 bridgehead atoms. The van der Waals surface area contributed by atoms with Crippen LogP contribution in [0.3, 0.4) is 0 Å². The molecular formula is C17H22FNO4. The second-order valence-electron chi connectivity index (χ2n) is 6.84. The third kappa shape index (κ3) is 4.43. The number of hydrogen-bond donors (Lipinski definition) is 1. The molecule has 1 N–H and O–H groups in total. The molecular weight excluding hydrogens is 301 g/mol. The molecule has 5 nitrogen and oxygen atoms in total. The van der Waals surface area contributed by atoms with E-state index in [-0.39, 0.29) is 11.7 Å². The highest BCUT2D eigenvalue weighted by Gasteiger charge is 2.43. The van der Waals surface area contributed by atoms with Gasteiger partial charge in [0.2, 0.25) is 0 Å². The second-order valence-corrected chi connectivity index (χ2v) is 6.84. The first kappa shape index (κ1) is 17.2. The Morgan fingerprint density at radius 2 is 2.09 bits per heavy atom. The predicted molar refractivity (Wildman–Crippen MR) is 82.6 cm³/mol. The molecule has 126 valence electrons. The summed E-state index contributed by atoms with van der Waals surface area (Å²) in [5, 5.41) is 9.51. The van der Waals surface area contributed by atoms with Crippen molar-refractivity contribution in [1.82, 2.24) is 4.90 Å². The summed E-state index contributed by atoms with van der Waals surface area (Å²) < 4.78 is 18.6. The molecule has 0 saturated carbocycles. The predicted octanol–water partition coefficient (Wildman–Crippen LogP) is 3.08. The third-order valence-corrected chi connectivity index (χ3v) is 3.79. The highest BCUT2D eigenvalue weighted by Crippen LogP contribution is 2.29. The van der Waals surface area contributed by atoms with Crippen molar-refractivity contribution < 1.29 is 23.8 Å². The quantitative estimate of drug-likeness (QED) is 0.928. The van der Waals surface area contributed by atoms with Gasteiger partial charge < -0.3 is 9.84 Å². The van der Waals surface area contributed by atoms with Gasteiger partial charge >= 0.3 is 12.1 Å². The Morgan fingerprint density at radius 3 is 2.65 bits per heavy atom. The van der Waals surface area contributed by atoms with E-state index in [1.54, 1.807) is 32.9 Å². The van der Waals surface area contributed by atoms with Crippen LogP contribution in [0.15, 0.2) is 24.3 Å². The number of carbonyl (C=O) groups is 2. The highest BCUT2D eigenvalue weighted by molar-refractivity contribution is 5.81. The van der Waals surface area contributed by atoms with Crippen molar-refractivity contribution in [2.24, 2.45) is 5.92 Å². The molecule has 1 amide bonds. The first-order valence-electron chi connectivity index (χ1n) is 7.64. The zero-order valence-corrected chi connectivity index (χ0v) is 13.6. The minimum atomic E-state index is -1.06. The first-order chi connectivity index (χ1) is 10.7. The Morgan fingerprint density at radius 1 is 1.39 bits per heavy atom. The van der Waals surface area contributed by atoms with Crippen LogP contribution >= 0.6 is 0 Å². The van der Waals surface area contributed by atoms with Gasteiger partial charge in [-0.05, 0) is 57.2 Å². The van der Waals surface area contributed by atoms with E-state index in [9.17, 15) is 19.1 Å². The SMILES string of the molecule is CC(C)(C)OC(=O)N1CC[C@@H](Cc2cccc(F)c2)[C@H]1C(=O)O. The molecule has 2 rings (SSSR count). The summed E-state index contributed by atoms with van der Waals surface area (Å²) in [4.78, 5) is 25.1. The van der Waals surface area contributed by atoms with Gasteiger partial charge in [0, 0.05) is 6.54 Å². The number of carboxylic acids is 1. The van der Waals surface area contributed by atoms with Crippen LogP contribution in [0.1, 0.15) is 32.8 Å². The van der Waals surface area contributed by atoms with Crippen molar-refractivity contribution in [2.45, 2.75) is 45.3 Å². The van der Waals surface area contributed by atoms with Crippen LogP contribution in [0.4, 0.5) is 9.18 Å². The molecule has 0 aliphatic carbocycles. The average Bonchev–Trinajstić information content (AvgIpc) is 2.80. The molecule has 1 heterocycles. The fourth-order valence-corrected chi connectivity index (χ4v) is 2.90. The zero-order valence-electron chi connectivity index (χ0n) is 13.6. The average molecular weight is 323 g/mol. The number of carbonyl (C=O) groups excluding carboxylic acids is 1. The van der Waals surface area contributed by atoms with Crippen LogP contribution in [0, 0.1) is 11.7 Å². The largest absolute Gasteiger partial charge is 0.480 e. The van der Waals surface area contributed by atoms with Crippen LogP contribution in [-0.2, 0) is 16.0 Å². The van der Waals surface area contributed by atoms with Gasteiger partial charge in [-0.3, -0.25) is 4.90 Å². The standard InChI is InChI=1S/C17H22FNO4/c1-17(2,3)23-16(22)19-8-7-12(14(19)15(20)21)9-11-5-4-6-13(18)10-11/h4-6,10,12,14H,7-9H2,1-3H3,(H,20,21)/t12-,14-/m0/s1. The molecule has 2 atom stereocenters. The third-order valence-electron chi connectivity index (χ3n) is 3.79. The number of nitrogens with zero attached hydrogens (tertiary/aromatic N) is 1. The van der Waals surface area contributed by atoms with Gasteiger partial charge in [0.25, 0.3) is 0 Å². The monoisotopic (exact) mass is 323 g/mol. The maximum atomic E-state index is 13.3. The van der Waals surface area contributed by atoms with Gasteiger partial charge in [-0.2, -0.15) is 0 Å². The molecule has 6 heteroatoms. The molecule has 0 spiro atoms. The van der Waals surface area contributed by atoms with Crippen molar-refractivity contribution in [3.63, 3.8) is 0 Å². The summed E-state index contributed by atoms with van der Waals surface area (Å²) in [5.41, 5.74) is 0.0492. The molecule has 1 saturated heterocycles. The van der Waals surface area contributed by atoms with Crippen molar-refractivity contribution in [2.75, 3.05) is 6.54 Å². The number of amides is 1. The number of aliphatic carboxylic acids is 1. The topological polar surface area (TPSA) is 66.8 Å². The van der Waals surface area contributed by atoms with Crippen LogP contribution in [0.25, 0.3) is 0 Å². The van der Waals surface area contributed by atoms with E-state index in [2.05, 4.69) is 0 Å². The number of halogens is 1. The number of carboxylic acid groups (broad SMARTS) is 1. The molecule has 0 aromatic heterocycles. The van der Waals surface area contributed by atoms with Crippen molar-refractivity contribution in [1.29, 1.82) is 0 Å². The van der Waals surface area contributed by atoms with Crippen LogP contribution in [0.5, 0.6) is 0 Å². The van der Waals surface area contributed by atoms with E-state index in [0.29, 0.717) is 19.4 Å². The number of benzene rings is 1. The second kappa shape index (κ2) is 6.56. The lowest BCUT2D eigenvalue weighted by Crippen LogP contribution is -2.45. The van der Waals surface area contributed by atoms with Crippen molar-refractivity contribution >= 4 is 12.1 Å². The van der Waals surface area contributed by atoms with E-state index in [0.717, 1.165) is 5.56 Å². The molecule has 1 aromatic carbocycles. The summed E-state index contributed by atoms with van der Waals surface area (Å²) in [7, 11) is 0. The lowest BCUT2D eigenvalue weighted by molar-refractivity contribution is -0.143. The van der Waals surface area contributed by atoms with Crippen LogP contribution < -0.4 is 0 Å². The Hall–Kier alpha value is -2.11. The van der Waals surface area contributed by atoms with E-state index in [1.165, 1.54) is 17.0 Å². The molecule has 1 aromatic rings. The Labute approximate surface area is 135 Å². The Kier molecular flexibility index (Phi) is 4.92. The van der Waals surface area contributed by atoms with Gasteiger partial charge in [-0.25, -0.2) is 14.0 Å². The first-order valence-corrected chi connectivity index (χ1v) is 7.64. The lowest BCUT2D eigenvalue weighted by Gasteiger charge is -2.28. The number of rotatable bonds is 3. The molecule has 1 aliphatic rings. The van der Waals surface area contributed by atoms with Crippen LogP contribution in [-0.4, -0.2) is 40.3 Å². The molecule has 0 unspecified atom stereocenters. The summed E-state index contributed by atoms with van der Waals surface area (Å²) in [6.45, 7) is 5.54. The maximum absolute atomic E-state index is 13.3. The Balaban J connectivity index is 2.13. The fourth-order valence-electron chi connectivity index (χ4n) is 2.90. The van der Waals surface area contributed by atoms with Crippen LogP contribution in [0.2, 0.25) is 0 Å². The van der Waals surface area contributed by atoms with E-state index >= 15 is 0 Å². The zero-order chi connectivity index (χ0) is 17.2. The number of likely N-dealkylation sites (tertiary alicyclic amines) is 1. The van der Waals surface area contributed by atoms with Crippen molar-refractivity contribution in [3.8, 4) is 0 Å². The summed E-state index contributed by atoms with van der Waals surface area (Å²) >= 11 is 0. The van der Waals surface area contributed by atoms with Gasteiger partial charge in [0.15, 0.2) is 0 Å². The molecule has 0 radical (unpaired) electrons. The maximum Gasteiger partial charge on any atom is 0.411 e. The Bertz CT molecular complexity index is 597. The summed E-state index contributed by atoms with van der Waals surface area (Å²) in [5.74, 6) is -1.67.